The van der Waals surface area contributed by atoms with Gasteiger partial charge in [0.1, 0.15) is 5.82 Å². The van der Waals surface area contributed by atoms with Crippen LogP contribution in [-0.2, 0) is 0 Å². The number of carboxylic acid groups (broad SMARTS) is 1. The summed E-state index contributed by atoms with van der Waals surface area (Å²) < 4.78 is 13.4. The van der Waals surface area contributed by atoms with E-state index in [1.165, 1.54) is 12.1 Å². The first kappa shape index (κ1) is 11.4. The molecule has 2 aromatic carbocycles. The van der Waals surface area contributed by atoms with Crippen molar-refractivity contribution in [1.29, 1.82) is 0 Å². The van der Waals surface area contributed by atoms with Crippen LogP contribution in [0.15, 0.2) is 42.6 Å². The molecule has 0 bridgehead atoms. The van der Waals surface area contributed by atoms with Crippen LogP contribution in [-0.4, -0.2) is 21.3 Å². The molecule has 4 nitrogen and oxygen atoms in total. The average Bonchev–Trinajstić information content (AvgIpc) is 2.85. The zero-order valence-electron chi connectivity index (χ0n) is 9.72. The van der Waals surface area contributed by atoms with Crippen molar-refractivity contribution in [1.82, 2.24) is 10.2 Å². The monoisotopic (exact) mass is 256 g/mol. The van der Waals surface area contributed by atoms with Gasteiger partial charge in [-0.3, -0.25) is 5.10 Å². The highest BCUT2D eigenvalue weighted by Gasteiger charge is 2.09. The number of carboxylic acids is 1. The third-order valence-electron chi connectivity index (χ3n) is 2.92. The first-order valence-corrected chi connectivity index (χ1v) is 5.61. The van der Waals surface area contributed by atoms with Gasteiger partial charge in [-0.15, -0.1) is 0 Å². The van der Waals surface area contributed by atoms with E-state index in [0.717, 1.165) is 22.5 Å². The van der Waals surface area contributed by atoms with Gasteiger partial charge in [0.15, 0.2) is 0 Å². The molecule has 0 atom stereocenters. The molecule has 3 aromatic rings. The quantitative estimate of drug-likeness (QED) is 0.740. The molecule has 94 valence electrons. The molecule has 2 N–H and O–H groups in total. The Balaban J connectivity index is 2.17. The summed E-state index contributed by atoms with van der Waals surface area (Å²) in [6, 6.07) is 9.21. The van der Waals surface area contributed by atoms with Crippen molar-refractivity contribution in [3.8, 4) is 11.1 Å². The molecule has 0 radical (unpaired) electrons. The number of aromatic amines is 1. The van der Waals surface area contributed by atoms with Gasteiger partial charge in [-0.1, -0.05) is 6.07 Å². The summed E-state index contributed by atoms with van der Waals surface area (Å²) in [6.45, 7) is 0. The Hall–Kier alpha value is -2.69. The minimum absolute atomic E-state index is 0.0673. The molecule has 0 spiro atoms. The van der Waals surface area contributed by atoms with Gasteiger partial charge in [-0.05, 0) is 41.5 Å². The van der Waals surface area contributed by atoms with Crippen molar-refractivity contribution in [2.75, 3.05) is 0 Å². The molecule has 1 heterocycles. The van der Waals surface area contributed by atoms with Crippen molar-refractivity contribution in [2.24, 2.45) is 0 Å². The van der Waals surface area contributed by atoms with Gasteiger partial charge < -0.3 is 5.11 Å². The van der Waals surface area contributed by atoms with Crippen molar-refractivity contribution in [3.63, 3.8) is 0 Å². The summed E-state index contributed by atoms with van der Waals surface area (Å²) >= 11 is 0. The summed E-state index contributed by atoms with van der Waals surface area (Å²) in [7, 11) is 0. The van der Waals surface area contributed by atoms with Gasteiger partial charge in [-0.25, -0.2) is 9.18 Å². The second-order valence-electron chi connectivity index (χ2n) is 4.21. The summed E-state index contributed by atoms with van der Waals surface area (Å²) in [6.07, 6.45) is 1.66. The van der Waals surface area contributed by atoms with Crippen LogP contribution in [0.1, 0.15) is 10.4 Å². The van der Waals surface area contributed by atoms with Crippen LogP contribution in [0.4, 0.5) is 4.39 Å². The standard InChI is InChI=1S/C14H9FN2O2/c15-12-5-9(4-10(6-12)14(18)19)8-1-2-13-11(3-8)7-16-17-13/h1-7H,(H,16,17)(H,18,19). The lowest BCUT2D eigenvalue weighted by Crippen LogP contribution is -1.97. The number of benzene rings is 2. The van der Waals surface area contributed by atoms with E-state index in [0.29, 0.717) is 5.56 Å². The molecule has 0 aliphatic carbocycles. The topological polar surface area (TPSA) is 66.0 Å². The summed E-state index contributed by atoms with van der Waals surface area (Å²) in [4.78, 5) is 10.9. The number of rotatable bonds is 2. The molecule has 0 aliphatic heterocycles. The first-order chi connectivity index (χ1) is 9.13. The maximum absolute atomic E-state index is 13.4. The van der Waals surface area contributed by atoms with E-state index in [2.05, 4.69) is 10.2 Å². The van der Waals surface area contributed by atoms with E-state index in [4.69, 9.17) is 5.11 Å². The largest absolute Gasteiger partial charge is 0.478 e. The summed E-state index contributed by atoms with van der Waals surface area (Å²) in [5.74, 6) is -1.72. The van der Waals surface area contributed by atoms with Crippen LogP contribution in [0.5, 0.6) is 0 Å². The maximum atomic E-state index is 13.4. The molecular weight excluding hydrogens is 247 g/mol. The number of nitrogens with one attached hydrogen (secondary N) is 1. The zero-order chi connectivity index (χ0) is 13.4. The van der Waals surface area contributed by atoms with Crippen LogP contribution in [0.2, 0.25) is 0 Å². The van der Waals surface area contributed by atoms with Gasteiger partial charge in [0, 0.05) is 5.39 Å². The van der Waals surface area contributed by atoms with Crippen molar-refractivity contribution in [3.05, 3.63) is 54.0 Å². The zero-order valence-corrected chi connectivity index (χ0v) is 9.72. The highest BCUT2D eigenvalue weighted by molar-refractivity contribution is 5.90. The molecular formula is C14H9FN2O2. The summed E-state index contributed by atoms with van der Waals surface area (Å²) in [5.41, 5.74) is 2.08. The van der Waals surface area contributed by atoms with Crippen molar-refractivity contribution < 1.29 is 14.3 Å². The van der Waals surface area contributed by atoms with Gasteiger partial charge in [0.25, 0.3) is 0 Å². The van der Waals surface area contributed by atoms with E-state index in [9.17, 15) is 9.18 Å². The van der Waals surface area contributed by atoms with E-state index in [1.54, 1.807) is 12.3 Å². The fourth-order valence-electron chi connectivity index (χ4n) is 2.00. The fraction of sp³-hybridized carbons (Fsp3) is 0. The molecule has 1 aromatic heterocycles. The van der Waals surface area contributed by atoms with E-state index in [1.807, 2.05) is 12.1 Å². The molecule has 19 heavy (non-hydrogen) atoms. The van der Waals surface area contributed by atoms with Crippen LogP contribution in [0.25, 0.3) is 22.0 Å². The smallest absolute Gasteiger partial charge is 0.335 e. The molecule has 0 saturated heterocycles. The van der Waals surface area contributed by atoms with Crippen LogP contribution >= 0.6 is 0 Å². The number of H-pyrrole nitrogens is 1. The molecule has 0 fully saturated rings. The normalized spacial score (nSPS) is 10.8. The third kappa shape index (κ3) is 2.06. The fourth-order valence-corrected chi connectivity index (χ4v) is 2.00. The van der Waals surface area contributed by atoms with Gasteiger partial charge in [0.05, 0.1) is 17.3 Å². The number of aromatic nitrogens is 2. The number of fused-ring (bicyclic) bond motifs is 1. The molecule has 0 amide bonds. The Kier molecular flexibility index (Phi) is 2.52. The van der Waals surface area contributed by atoms with E-state index >= 15 is 0 Å². The number of hydrogen-bond acceptors (Lipinski definition) is 2. The van der Waals surface area contributed by atoms with Crippen molar-refractivity contribution >= 4 is 16.9 Å². The van der Waals surface area contributed by atoms with Crippen LogP contribution in [0.3, 0.4) is 0 Å². The Morgan fingerprint density at radius 3 is 2.79 bits per heavy atom. The lowest BCUT2D eigenvalue weighted by atomic mass is 10.0. The lowest BCUT2D eigenvalue weighted by molar-refractivity contribution is 0.0696. The van der Waals surface area contributed by atoms with Crippen LogP contribution < -0.4 is 0 Å². The van der Waals surface area contributed by atoms with Gasteiger partial charge >= 0.3 is 5.97 Å². The van der Waals surface area contributed by atoms with Crippen LogP contribution in [0, 0.1) is 5.82 Å². The predicted octanol–water partition coefficient (Wildman–Crippen LogP) is 3.07. The first-order valence-electron chi connectivity index (χ1n) is 5.61. The second kappa shape index (κ2) is 4.20. The Labute approximate surface area is 107 Å². The SMILES string of the molecule is O=C(O)c1cc(F)cc(-c2ccc3[nH]ncc3c2)c1. The third-order valence-corrected chi connectivity index (χ3v) is 2.92. The number of halogens is 1. The Bertz CT molecular complexity index is 780. The van der Waals surface area contributed by atoms with Crippen molar-refractivity contribution in [2.45, 2.75) is 0 Å². The van der Waals surface area contributed by atoms with E-state index < -0.39 is 11.8 Å². The minimum Gasteiger partial charge on any atom is -0.478 e. The molecule has 0 aliphatic rings. The Morgan fingerprint density at radius 1 is 1.16 bits per heavy atom. The average molecular weight is 256 g/mol. The molecule has 0 saturated carbocycles. The summed E-state index contributed by atoms with van der Waals surface area (Å²) in [5, 5.41) is 16.6. The molecule has 3 rings (SSSR count). The molecule has 0 unspecified atom stereocenters. The Morgan fingerprint density at radius 2 is 2.00 bits per heavy atom. The number of carbonyl (C=O) groups is 1. The lowest BCUT2D eigenvalue weighted by Gasteiger charge is -2.04. The molecule has 5 heteroatoms. The maximum Gasteiger partial charge on any atom is 0.335 e. The van der Waals surface area contributed by atoms with Gasteiger partial charge in [0.2, 0.25) is 0 Å². The minimum atomic E-state index is -1.15. The van der Waals surface area contributed by atoms with Gasteiger partial charge in [-0.2, -0.15) is 5.10 Å². The number of nitrogens with zero attached hydrogens (tertiary/aromatic N) is 1. The number of hydrogen-bond donors (Lipinski definition) is 2. The number of aromatic carboxylic acids is 1. The highest BCUT2D eigenvalue weighted by atomic mass is 19.1. The second-order valence-corrected chi connectivity index (χ2v) is 4.21. The highest BCUT2D eigenvalue weighted by Crippen LogP contribution is 2.25. The predicted molar refractivity (Wildman–Crippen MR) is 68.4 cm³/mol. The van der Waals surface area contributed by atoms with E-state index in [-0.39, 0.29) is 5.56 Å².